The van der Waals surface area contributed by atoms with Gasteiger partial charge in [0.15, 0.2) is 5.65 Å². The summed E-state index contributed by atoms with van der Waals surface area (Å²) < 4.78 is 7.59. The molecule has 86 valence electrons. The number of ether oxygens (including phenoxy) is 1. The summed E-state index contributed by atoms with van der Waals surface area (Å²) in [4.78, 5) is 16.3. The zero-order valence-electron chi connectivity index (χ0n) is 9.21. The first kappa shape index (κ1) is 10.3. The van der Waals surface area contributed by atoms with Gasteiger partial charge in [0.2, 0.25) is 5.43 Å². The smallest absolute Gasteiger partial charge is 0.244 e. The predicted molar refractivity (Wildman–Crippen MR) is 68.2 cm³/mol. The van der Waals surface area contributed by atoms with Crippen molar-refractivity contribution < 1.29 is 4.74 Å². The van der Waals surface area contributed by atoms with E-state index in [1.807, 2.05) is 35.0 Å². The van der Waals surface area contributed by atoms with Crippen molar-refractivity contribution in [3.05, 3.63) is 39.0 Å². The zero-order valence-corrected chi connectivity index (χ0v) is 10.0. The zero-order chi connectivity index (χ0) is 11.8. The highest BCUT2D eigenvalue weighted by Crippen LogP contribution is 2.14. The maximum atomic E-state index is 12.0. The van der Waals surface area contributed by atoms with Gasteiger partial charge in [0.05, 0.1) is 17.6 Å². The molecule has 1 aromatic carbocycles. The van der Waals surface area contributed by atoms with E-state index < -0.39 is 0 Å². The van der Waals surface area contributed by atoms with Crippen molar-refractivity contribution >= 4 is 34.5 Å². The summed E-state index contributed by atoms with van der Waals surface area (Å²) in [5.41, 5.74) is 2.21. The van der Waals surface area contributed by atoms with Gasteiger partial charge < -0.3 is 4.74 Å². The van der Waals surface area contributed by atoms with Gasteiger partial charge >= 0.3 is 0 Å². The molecule has 0 saturated heterocycles. The lowest BCUT2D eigenvalue weighted by atomic mass is 10.3. The van der Waals surface area contributed by atoms with Crippen LogP contribution in [0.25, 0.3) is 22.9 Å². The molecular weight excluding hydrogens is 236 g/mol. The molecule has 0 radical (unpaired) electrons. The van der Waals surface area contributed by atoms with Crippen LogP contribution in [-0.2, 0) is 4.74 Å². The molecular formula is C12H10N2O2S. The number of hydrogen-bond donors (Lipinski definition) is 0. The molecule has 0 spiro atoms. The van der Waals surface area contributed by atoms with Gasteiger partial charge in [-0.3, -0.25) is 4.79 Å². The van der Waals surface area contributed by atoms with Gasteiger partial charge in [0.1, 0.15) is 10.8 Å². The summed E-state index contributed by atoms with van der Waals surface area (Å²) in [6.07, 6.45) is 1.51. The number of fused-ring (bicyclic) bond motifs is 3. The van der Waals surface area contributed by atoms with E-state index in [4.69, 9.17) is 4.74 Å². The minimum absolute atomic E-state index is 0.0698. The lowest BCUT2D eigenvalue weighted by molar-refractivity contribution is 0.316. The van der Waals surface area contributed by atoms with E-state index in [2.05, 4.69) is 4.98 Å². The van der Waals surface area contributed by atoms with Crippen molar-refractivity contribution in [3.63, 3.8) is 0 Å². The molecule has 3 aromatic rings. The van der Waals surface area contributed by atoms with Gasteiger partial charge in [-0.25, -0.2) is 8.77 Å². The Morgan fingerprint density at radius 1 is 1.47 bits per heavy atom. The molecule has 17 heavy (non-hydrogen) atoms. The van der Waals surface area contributed by atoms with Crippen molar-refractivity contribution in [1.82, 2.24) is 8.77 Å². The Kier molecular flexibility index (Phi) is 2.33. The summed E-state index contributed by atoms with van der Waals surface area (Å²) in [6, 6.07) is 7.71. The first-order valence-electron chi connectivity index (χ1n) is 5.33. The first-order valence-corrected chi connectivity index (χ1v) is 6.11. The average molecular weight is 246 g/mol. The quantitative estimate of drug-likeness (QED) is 0.686. The molecule has 0 aliphatic carbocycles. The van der Waals surface area contributed by atoms with Crippen molar-refractivity contribution in [2.24, 2.45) is 0 Å². The van der Waals surface area contributed by atoms with Crippen molar-refractivity contribution in [3.8, 4) is 0 Å². The molecule has 2 aromatic heterocycles. The van der Waals surface area contributed by atoms with Crippen LogP contribution >= 0.6 is 11.5 Å². The summed E-state index contributed by atoms with van der Waals surface area (Å²) in [7, 11) is 0. The topological polar surface area (TPSA) is 43.6 Å². The number of aromatic nitrogens is 2. The molecule has 0 bridgehead atoms. The maximum Gasteiger partial charge on any atom is 0.244 e. The van der Waals surface area contributed by atoms with Crippen LogP contribution in [0.15, 0.2) is 29.1 Å². The Morgan fingerprint density at radius 2 is 2.29 bits per heavy atom. The lowest BCUT2D eigenvalue weighted by Gasteiger charge is -1.88. The van der Waals surface area contributed by atoms with Crippen LogP contribution in [0, 0.1) is 0 Å². The van der Waals surface area contributed by atoms with Crippen molar-refractivity contribution in [2.75, 3.05) is 6.61 Å². The fraction of sp³-hybridized carbons (Fsp3) is 0.167. The Hall–Kier alpha value is -1.88. The van der Waals surface area contributed by atoms with Gasteiger partial charge in [-0.1, -0.05) is 12.1 Å². The molecule has 0 aliphatic heterocycles. The van der Waals surface area contributed by atoms with E-state index in [1.54, 1.807) is 0 Å². The molecule has 5 heteroatoms. The van der Waals surface area contributed by atoms with Gasteiger partial charge in [-0.2, -0.15) is 0 Å². The summed E-state index contributed by atoms with van der Waals surface area (Å²) in [5.74, 6) is 0. The molecule has 0 N–H and O–H groups in total. The van der Waals surface area contributed by atoms with Crippen LogP contribution < -0.4 is 9.96 Å². The standard InChI is InChI=1S/C12H10N2O2S/c1-2-16-7-10-11(15)12-13-8-5-3-4-6-9(8)14(12)17-10/h3-7H,2H2,1H3. The van der Waals surface area contributed by atoms with E-state index in [1.165, 1.54) is 17.8 Å². The van der Waals surface area contributed by atoms with Gasteiger partial charge in [0, 0.05) is 0 Å². The van der Waals surface area contributed by atoms with Crippen LogP contribution in [-0.4, -0.2) is 15.4 Å². The second kappa shape index (κ2) is 3.85. The lowest BCUT2D eigenvalue weighted by Crippen LogP contribution is -2.17. The van der Waals surface area contributed by atoms with Crippen molar-refractivity contribution in [1.29, 1.82) is 0 Å². The molecule has 3 rings (SSSR count). The Labute approximate surface area is 101 Å². The molecule has 0 saturated carbocycles. The second-order valence-electron chi connectivity index (χ2n) is 3.58. The van der Waals surface area contributed by atoms with Crippen LogP contribution in [0.5, 0.6) is 0 Å². The van der Waals surface area contributed by atoms with E-state index in [-0.39, 0.29) is 5.43 Å². The van der Waals surface area contributed by atoms with Gasteiger partial charge in [-0.15, -0.1) is 0 Å². The number of rotatable bonds is 2. The normalized spacial score (nSPS) is 12.6. The maximum absolute atomic E-state index is 12.0. The van der Waals surface area contributed by atoms with E-state index in [0.717, 1.165) is 11.0 Å². The van der Waals surface area contributed by atoms with E-state index in [9.17, 15) is 4.79 Å². The van der Waals surface area contributed by atoms with Gasteiger partial charge in [-0.05, 0) is 30.6 Å². The molecule has 0 fully saturated rings. The molecule has 0 amide bonds. The van der Waals surface area contributed by atoms with Gasteiger partial charge in [0.25, 0.3) is 0 Å². The third kappa shape index (κ3) is 1.51. The molecule has 2 heterocycles. The monoisotopic (exact) mass is 246 g/mol. The SMILES string of the molecule is CCOC=c1sn2c(nc3ccccc32)c1=O. The Balaban J connectivity index is 2.38. The third-order valence-electron chi connectivity index (χ3n) is 2.49. The highest BCUT2D eigenvalue weighted by Gasteiger charge is 2.10. The Bertz CT molecular complexity index is 788. The number of hydrogen-bond acceptors (Lipinski definition) is 4. The molecule has 0 unspecified atom stereocenters. The van der Waals surface area contributed by atoms with Crippen LogP contribution in [0.3, 0.4) is 0 Å². The number of imidazole rings is 1. The summed E-state index contributed by atoms with van der Waals surface area (Å²) >= 11 is 1.36. The Morgan fingerprint density at radius 3 is 3.12 bits per heavy atom. The fourth-order valence-corrected chi connectivity index (χ4v) is 2.67. The molecule has 0 aliphatic rings. The second-order valence-corrected chi connectivity index (χ2v) is 4.56. The number of nitrogens with zero attached hydrogens (tertiary/aromatic N) is 2. The average Bonchev–Trinajstić information content (AvgIpc) is 2.85. The van der Waals surface area contributed by atoms with E-state index >= 15 is 0 Å². The minimum Gasteiger partial charge on any atom is -0.500 e. The molecule has 4 nitrogen and oxygen atoms in total. The third-order valence-corrected chi connectivity index (χ3v) is 3.52. The molecule has 0 atom stereocenters. The first-order chi connectivity index (χ1) is 8.31. The van der Waals surface area contributed by atoms with E-state index in [0.29, 0.717) is 16.8 Å². The number of benzene rings is 1. The largest absolute Gasteiger partial charge is 0.500 e. The summed E-state index contributed by atoms with van der Waals surface area (Å²) in [6.45, 7) is 2.44. The highest BCUT2D eigenvalue weighted by molar-refractivity contribution is 7.04. The highest BCUT2D eigenvalue weighted by atomic mass is 32.1. The van der Waals surface area contributed by atoms with Crippen LogP contribution in [0.2, 0.25) is 0 Å². The summed E-state index contributed by atoms with van der Waals surface area (Å²) in [5, 5.41) is 0. The predicted octanol–water partition coefficient (Wildman–Crippen LogP) is 1.40. The van der Waals surface area contributed by atoms with Crippen LogP contribution in [0.4, 0.5) is 0 Å². The minimum atomic E-state index is -0.0698. The fourth-order valence-electron chi connectivity index (χ4n) is 1.72. The van der Waals surface area contributed by atoms with Crippen molar-refractivity contribution in [2.45, 2.75) is 6.92 Å². The number of para-hydroxylation sites is 2. The van der Waals surface area contributed by atoms with Crippen LogP contribution in [0.1, 0.15) is 6.92 Å².